The van der Waals surface area contributed by atoms with Crippen LogP contribution in [0, 0.1) is 0 Å². The van der Waals surface area contributed by atoms with E-state index in [-0.39, 0.29) is 0 Å². The maximum absolute atomic E-state index is 10.9. The minimum absolute atomic E-state index is 0.423. The van der Waals surface area contributed by atoms with Gasteiger partial charge in [0.05, 0.1) is 5.41 Å². The number of rotatable bonds is 4. The standard InChI is InChI=1S/C7H10N4O3/c1-14-4(5(12)13)7(2-3-7)6-8-10-11-9-6/h4H,2-3H2,1H3,(H,12,13)(H,8,9,10,11). The highest BCUT2D eigenvalue weighted by Gasteiger charge is 2.57. The number of carbonyl (C=O) groups is 1. The quantitative estimate of drug-likeness (QED) is 0.665. The number of nitrogens with zero attached hydrogens (tertiary/aromatic N) is 3. The number of H-pyrrole nitrogens is 1. The van der Waals surface area contributed by atoms with Gasteiger partial charge in [-0.3, -0.25) is 0 Å². The topological polar surface area (TPSA) is 101 Å². The van der Waals surface area contributed by atoms with Crippen LogP contribution in [0.3, 0.4) is 0 Å². The van der Waals surface area contributed by atoms with Crippen molar-refractivity contribution in [2.75, 3.05) is 7.11 Å². The lowest BCUT2D eigenvalue weighted by atomic mass is 9.98. The predicted molar refractivity (Wildman–Crippen MR) is 43.5 cm³/mol. The van der Waals surface area contributed by atoms with Gasteiger partial charge in [-0.15, -0.1) is 10.2 Å². The summed E-state index contributed by atoms with van der Waals surface area (Å²) in [6.45, 7) is 0. The Labute approximate surface area is 79.5 Å². The first kappa shape index (κ1) is 9.07. The molecule has 0 amide bonds. The van der Waals surface area contributed by atoms with Crippen molar-refractivity contribution in [3.8, 4) is 0 Å². The molecule has 1 aliphatic rings. The molecule has 0 spiro atoms. The zero-order valence-electron chi connectivity index (χ0n) is 7.60. The first-order chi connectivity index (χ1) is 6.70. The first-order valence-corrected chi connectivity index (χ1v) is 4.20. The van der Waals surface area contributed by atoms with Crippen LogP contribution in [0.15, 0.2) is 0 Å². The molecular weight excluding hydrogens is 188 g/mol. The van der Waals surface area contributed by atoms with Gasteiger partial charge in [0.1, 0.15) is 0 Å². The van der Waals surface area contributed by atoms with E-state index in [9.17, 15) is 4.79 Å². The molecule has 1 unspecified atom stereocenters. The van der Waals surface area contributed by atoms with Crippen LogP contribution in [0.2, 0.25) is 0 Å². The van der Waals surface area contributed by atoms with E-state index < -0.39 is 17.5 Å². The van der Waals surface area contributed by atoms with Gasteiger partial charge in [0.2, 0.25) is 0 Å². The van der Waals surface area contributed by atoms with Crippen molar-refractivity contribution < 1.29 is 14.6 Å². The summed E-state index contributed by atoms with van der Waals surface area (Å²) >= 11 is 0. The summed E-state index contributed by atoms with van der Waals surface area (Å²) in [6, 6.07) is 0. The minimum Gasteiger partial charge on any atom is -0.479 e. The molecule has 14 heavy (non-hydrogen) atoms. The zero-order valence-corrected chi connectivity index (χ0v) is 7.60. The van der Waals surface area contributed by atoms with Gasteiger partial charge < -0.3 is 9.84 Å². The van der Waals surface area contributed by atoms with Gasteiger partial charge in [0, 0.05) is 7.11 Å². The Hall–Kier alpha value is -1.50. The molecule has 2 N–H and O–H groups in total. The predicted octanol–water partition coefficient (Wildman–Crippen LogP) is -0.669. The highest BCUT2D eigenvalue weighted by atomic mass is 16.5. The van der Waals surface area contributed by atoms with Gasteiger partial charge in [0.25, 0.3) is 0 Å². The van der Waals surface area contributed by atoms with Crippen LogP contribution in [0.1, 0.15) is 18.7 Å². The third-order valence-electron chi connectivity index (χ3n) is 2.54. The molecule has 1 aliphatic carbocycles. The molecule has 1 aromatic heterocycles. The average Bonchev–Trinajstić information content (AvgIpc) is 2.76. The molecule has 2 rings (SSSR count). The fourth-order valence-electron chi connectivity index (χ4n) is 1.67. The summed E-state index contributed by atoms with van der Waals surface area (Å²) in [7, 11) is 1.37. The van der Waals surface area contributed by atoms with E-state index >= 15 is 0 Å². The zero-order chi connectivity index (χ0) is 10.2. The number of tetrazole rings is 1. The normalized spacial score (nSPS) is 20.4. The Kier molecular flexibility index (Phi) is 1.95. The van der Waals surface area contributed by atoms with Crippen molar-refractivity contribution in [2.45, 2.75) is 24.4 Å². The fraction of sp³-hybridized carbons (Fsp3) is 0.714. The molecule has 0 bridgehead atoms. The number of carboxylic acid groups (broad SMARTS) is 1. The Morgan fingerprint density at radius 2 is 2.43 bits per heavy atom. The van der Waals surface area contributed by atoms with E-state index in [1.807, 2.05) is 0 Å². The molecule has 0 aliphatic heterocycles. The molecule has 1 aromatic rings. The molecule has 7 heteroatoms. The Morgan fingerprint density at radius 3 is 2.79 bits per heavy atom. The van der Waals surface area contributed by atoms with Gasteiger partial charge in [-0.2, -0.15) is 5.21 Å². The molecule has 7 nitrogen and oxygen atoms in total. The molecular formula is C7H10N4O3. The number of hydrogen-bond donors (Lipinski definition) is 2. The van der Waals surface area contributed by atoms with E-state index in [1.54, 1.807) is 0 Å². The SMILES string of the molecule is COC(C(=O)O)C1(c2nn[nH]n2)CC1. The van der Waals surface area contributed by atoms with Crippen LogP contribution < -0.4 is 0 Å². The van der Waals surface area contributed by atoms with Crippen molar-refractivity contribution in [2.24, 2.45) is 0 Å². The summed E-state index contributed by atoms with van der Waals surface area (Å²) in [5, 5.41) is 22.3. The van der Waals surface area contributed by atoms with E-state index in [1.165, 1.54) is 7.11 Å². The van der Waals surface area contributed by atoms with Crippen molar-refractivity contribution in [3.63, 3.8) is 0 Å². The number of aliphatic carboxylic acids is 1. The number of methoxy groups -OCH3 is 1. The number of ether oxygens (including phenoxy) is 1. The maximum Gasteiger partial charge on any atom is 0.333 e. The van der Waals surface area contributed by atoms with E-state index in [0.29, 0.717) is 5.82 Å². The average molecular weight is 198 g/mol. The summed E-state index contributed by atoms with van der Waals surface area (Å²) in [4.78, 5) is 10.9. The summed E-state index contributed by atoms with van der Waals surface area (Å²) in [5.74, 6) is -0.568. The van der Waals surface area contributed by atoms with Gasteiger partial charge in [-0.05, 0) is 12.8 Å². The highest BCUT2D eigenvalue weighted by molar-refractivity contribution is 5.75. The lowest BCUT2D eigenvalue weighted by Crippen LogP contribution is -2.36. The molecule has 0 aromatic carbocycles. The molecule has 0 saturated heterocycles. The highest BCUT2D eigenvalue weighted by Crippen LogP contribution is 2.50. The fourth-order valence-corrected chi connectivity index (χ4v) is 1.67. The van der Waals surface area contributed by atoms with Crippen molar-refractivity contribution in [3.05, 3.63) is 5.82 Å². The Morgan fingerprint density at radius 1 is 1.71 bits per heavy atom. The van der Waals surface area contributed by atoms with Crippen LogP contribution in [-0.2, 0) is 14.9 Å². The summed E-state index contributed by atoms with van der Waals surface area (Å²) in [5.41, 5.74) is -0.576. The van der Waals surface area contributed by atoms with Crippen LogP contribution in [0.25, 0.3) is 0 Å². The maximum atomic E-state index is 10.9. The summed E-state index contributed by atoms with van der Waals surface area (Å²) in [6.07, 6.45) is 0.550. The first-order valence-electron chi connectivity index (χ1n) is 4.20. The second kappa shape index (κ2) is 3.02. The largest absolute Gasteiger partial charge is 0.479 e. The smallest absolute Gasteiger partial charge is 0.333 e. The van der Waals surface area contributed by atoms with Gasteiger partial charge in [0.15, 0.2) is 11.9 Å². The molecule has 76 valence electrons. The number of nitrogens with one attached hydrogen (secondary N) is 1. The van der Waals surface area contributed by atoms with E-state index in [4.69, 9.17) is 9.84 Å². The molecule has 1 saturated carbocycles. The van der Waals surface area contributed by atoms with Crippen LogP contribution in [0.4, 0.5) is 0 Å². The van der Waals surface area contributed by atoms with Gasteiger partial charge in [-0.25, -0.2) is 4.79 Å². The van der Waals surface area contributed by atoms with Crippen LogP contribution in [0.5, 0.6) is 0 Å². The Balaban J connectivity index is 2.28. The van der Waals surface area contributed by atoms with Crippen LogP contribution >= 0.6 is 0 Å². The van der Waals surface area contributed by atoms with Gasteiger partial charge >= 0.3 is 5.97 Å². The number of carboxylic acids is 1. The monoisotopic (exact) mass is 198 g/mol. The summed E-state index contributed by atoms with van der Waals surface area (Å²) < 4.78 is 4.94. The van der Waals surface area contributed by atoms with Crippen molar-refractivity contribution >= 4 is 5.97 Å². The van der Waals surface area contributed by atoms with Gasteiger partial charge in [-0.1, -0.05) is 5.21 Å². The minimum atomic E-state index is -0.991. The number of aromatic nitrogens is 4. The van der Waals surface area contributed by atoms with Crippen molar-refractivity contribution in [1.82, 2.24) is 20.6 Å². The van der Waals surface area contributed by atoms with Crippen molar-refractivity contribution in [1.29, 1.82) is 0 Å². The van der Waals surface area contributed by atoms with Crippen LogP contribution in [-0.4, -0.2) is 44.9 Å². The lowest BCUT2D eigenvalue weighted by Gasteiger charge is -2.18. The lowest BCUT2D eigenvalue weighted by molar-refractivity contribution is -0.150. The van der Waals surface area contributed by atoms with E-state index in [0.717, 1.165) is 12.8 Å². The Bertz CT molecular complexity index is 333. The van der Waals surface area contributed by atoms with E-state index in [2.05, 4.69) is 20.6 Å². The second-order valence-electron chi connectivity index (χ2n) is 3.35. The molecule has 1 fully saturated rings. The third kappa shape index (κ3) is 1.17. The molecule has 1 heterocycles. The molecule has 1 atom stereocenters. The second-order valence-corrected chi connectivity index (χ2v) is 3.35. The number of hydrogen-bond acceptors (Lipinski definition) is 5. The molecule has 0 radical (unpaired) electrons. The third-order valence-corrected chi connectivity index (χ3v) is 2.54. The number of aromatic amines is 1.